The van der Waals surface area contributed by atoms with Crippen LogP contribution in [0.3, 0.4) is 0 Å². The van der Waals surface area contributed by atoms with Crippen LogP contribution >= 0.6 is 0 Å². The average molecular weight is 238 g/mol. The van der Waals surface area contributed by atoms with Gasteiger partial charge >= 0.3 is 0 Å². The zero-order valence-electron chi connectivity index (χ0n) is 9.74. The third-order valence-corrected chi connectivity index (χ3v) is 3.66. The summed E-state index contributed by atoms with van der Waals surface area (Å²) in [6.07, 6.45) is 1.91. The second-order valence-electron chi connectivity index (χ2n) is 4.71. The molecule has 0 radical (unpaired) electrons. The highest BCUT2D eigenvalue weighted by atomic mass is 19.1. The van der Waals surface area contributed by atoms with Crippen molar-refractivity contribution in [3.8, 4) is 11.3 Å². The molecule has 3 aromatic rings. The molecule has 0 unspecified atom stereocenters. The molecule has 1 aromatic heterocycles. The van der Waals surface area contributed by atoms with Crippen LogP contribution in [0, 0.1) is 5.82 Å². The number of hydrogen-bond acceptors (Lipinski definition) is 1. The van der Waals surface area contributed by atoms with Gasteiger partial charge in [-0.3, -0.25) is 0 Å². The molecular weight excluding hydrogens is 227 g/mol. The number of furan rings is 1. The average Bonchev–Trinajstić information content (AvgIpc) is 2.77. The fourth-order valence-electron chi connectivity index (χ4n) is 2.81. The van der Waals surface area contributed by atoms with E-state index in [9.17, 15) is 4.39 Å². The van der Waals surface area contributed by atoms with Crippen LogP contribution in [0.25, 0.3) is 22.3 Å². The van der Waals surface area contributed by atoms with Crippen LogP contribution in [-0.2, 0) is 12.8 Å². The highest BCUT2D eigenvalue weighted by Crippen LogP contribution is 2.39. The Labute approximate surface area is 104 Å². The summed E-state index contributed by atoms with van der Waals surface area (Å²) in [6.45, 7) is 0. The highest BCUT2D eigenvalue weighted by Gasteiger charge is 2.22. The number of fused-ring (bicyclic) bond motifs is 5. The summed E-state index contributed by atoms with van der Waals surface area (Å²) in [7, 11) is 0. The number of rotatable bonds is 0. The summed E-state index contributed by atoms with van der Waals surface area (Å²) in [5, 5.41) is 0.916. The van der Waals surface area contributed by atoms with Crippen molar-refractivity contribution in [3.05, 3.63) is 59.4 Å². The Bertz CT molecular complexity index is 755. The molecule has 0 amide bonds. The summed E-state index contributed by atoms with van der Waals surface area (Å²) < 4.78 is 19.2. The van der Waals surface area contributed by atoms with Gasteiger partial charge in [0.25, 0.3) is 0 Å². The lowest BCUT2D eigenvalue weighted by molar-refractivity contribution is 0.614. The number of aryl methyl sites for hydroxylation is 2. The predicted molar refractivity (Wildman–Crippen MR) is 69.0 cm³/mol. The van der Waals surface area contributed by atoms with Crippen LogP contribution in [0.1, 0.15) is 11.1 Å². The van der Waals surface area contributed by atoms with Crippen LogP contribution < -0.4 is 0 Å². The van der Waals surface area contributed by atoms with E-state index < -0.39 is 0 Å². The molecule has 0 bridgehead atoms. The van der Waals surface area contributed by atoms with E-state index in [4.69, 9.17) is 4.42 Å². The topological polar surface area (TPSA) is 13.1 Å². The summed E-state index contributed by atoms with van der Waals surface area (Å²) in [4.78, 5) is 0. The second-order valence-corrected chi connectivity index (χ2v) is 4.71. The van der Waals surface area contributed by atoms with Gasteiger partial charge in [-0.2, -0.15) is 0 Å². The van der Waals surface area contributed by atoms with Crippen LogP contribution in [-0.4, -0.2) is 0 Å². The summed E-state index contributed by atoms with van der Waals surface area (Å²) >= 11 is 0. The molecule has 1 heterocycles. The minimum absolute atomic E-state index is 0.204. The largest absolute Gasteiger partial charge is 0.456 e. The maximum atomic E-state index is 13.3. The number of halogens is 1. The first kappa shape index (κ1) is 9.89. The van der Waals surface area contributed by atoms with Crippen molar-refractivity contribution in [3.63, 3.8) is 0 Å². The highest BCUT2D eigenvalue weighted by molar-refractivity contribution is 5.89. The Balaban J connectivity index is 2.08. The maximum absolute atomic E-state index is 13.3. The van der Waals surface area contributed by atoms with Crippen molar-refractivity contribution in [1.29, 1.82) is 0 Å². The Morgan fingerprint density at radius 3 is 2.83 bits per heavy atom. The van der Waals surface area contributed by atoms with E-state index in [1.807, 2.05) is 12.1 Å². The van der Waals surface area contributed by atoms with Crippen LogP contribution in [0.2, 0.25) is 0 Å². The van der Waals surface area contributed by atoms with E-state index in [0.717, 1.165) is 40.7 Å². The molecule has 1 nitrogen and oxygen atoms in total. The lowest BCUT2D eigenvalue weighted by Crippen LogP contribution is -2.01. The Morgan fingerprint density at radius 2 is 1.89 bits per heavy atom. The maximum Gasteiger partial charge on any atom is 0.138 e. The van der Waals surface area contributed by atoms with E-state index in [-0.39, 0.29) is 5.82 Å². The first-order valence-electron chi connectivity index (χ1n) is 6.12. The molecular formula is C16H11FO. The molecule has 1 aliphatic carbocycles. The SMILES string of the molecule is Fc1ccc2oc3c(c2c1)CCc1ccccc1-3. The van der Waals surface area contributed by atoms with Crippen LogP contribution in [0.5, 0.6) is 0 Å². The molecule has 0 N–H and O–H groups in total. The lowest BCUT2D eigenvalue weighted by atomic mass is 9.89. The molecule has 2 aromatic carbocycles. The Hall–Kier alpha value is -2.09. The van der Waals surface area contributed by atoms with Gasteiger partial charge in [-0.15, -0.1) is 0 Å². The van der Waals surface area contributed by atoms with Gasteiger partial charge in [0.05, 0.1) is 0 Å². The van der Waals surface area contributed by atoms with Crippen molar-refractivity contribution in [1.82, 2.24) is 0 Å². The molecule has 0 spiro atoms. The van der Waals surface area contributed by atoms with Crippen molar-refractivity contribution < 1.29 is 8.81 Å². The molecule has 4 rings (SSSR count). The molecule has 0 aliphatic heterocycles. The van der Waals surface area contributed by atoms with E-state index in [1.54, 1.807) is 12.1 Å². The number of hydrogen-bond donors (Lipinski definition) is 0. The van der Waals surface area contributed by atoms with Crippen LogP contribution in [0.15, 0.2) is 46.9 Å². The smallest absolute Gasteiger partial charge is 0.138 e. The normalized spacial score (nSPS) is 13.4. The molecule has 1 aliphatic rings. The van der Waals surface area contributed by atoms with E-state index in [2.05, 4.69) is 12.1 Å². The second kappa shape index (κ2) is 3.45. The Morgan fingerprint density at radius 1 is 1.00 bits per heavy atom. The zero-order valence-corrected chi connectivity index (χ0v) is 9.74. The molecule has 2 heteroatoms. The monoisotopic (exact) mass is 238 g/mol. The van der Waals surface area contributed by atoms with E-state index in [0.29, 0.717) is 0 Å². The lowest BCUT2D eigenvalue weighted by Gasteiger charge is -2.14. The minimum atomic E-state index is -0.204. The van der Waals surface area contributed by atoms with Crippen molar-refractivity contribution in [2.24, 2.45) is 0 Å². The third kappa shape index (κ3) is 1.26. The van der Waals surface area contributed by atoms with Gasteiger partial charge in [0, 0.05) is 16.5 Å². The third-order valence-electron chi connectivity index (χ3n) is 3.66. The number of benzene rings is 2. The van der Waals surface area contributed by atoms with Gasteiger partial charge < -0.3 is 4.42 Å². The van der Waals surface area contributed by atoms with Crippen molar-refractivity contribution in [2.75, 3.05) is 0 Å². The van der Waals surface area contributed by atoms with E-state index in [1.165, 1.54) is 11.6 Å². The summed E-state index contributed by atoms with van der Waals surface area (Å²) in [5.74, 6) is 0.711. The minimum Gasteiger partial charge on any atom is -0.456 e. The molecule has 18 heavy (non-hydrogen) atoms. The van der Waals surface area contributed by atoms with Crippen molar-refractivity contribution >= 4 is 11.0 Å². The zero-order chi connectivity index (χ0) is 12.1. The van der Waals surface area contributed by atoms with Gasteiger partial charge in [0.1, 0.15) is 17.2 Å². The van der Waals surface area contributed by atoms with Crippen LogP contribution in [0.4, 0.5) is 4.39 Å². The Kier molecular flexibility index (Phi) is 1.90. The van der Waals surface area contributed by atoms with E-state index >= 15 is 0 Å². The van der Waals surface area contributed by atoms with Gasteiger partial charge in [-0.1, -0.05) is 24.3 Å². The molecule has 0 atom stereocenters. The quantitative estimate of drug-likeness (QED) is 0.568. The summed E-state index contributed by atoms with van der Waals surface area (Å²) in [6, 6.07) is 13.0. The van der Waals surface area contributed by atoms with Gasteiger partial charge in [0.2, 0.25) is 0 Å². The van der Waals surface area contributed by atoms with Gasteiger partial charge in [-0.25, -0.2) is 4.39 Å². The van der Waals surface area contributed by atoms with Gasteiger partial charge in [0.15, 0.2) is 0 Å². The molecule has 0 fully saturated rings. The summed E-state index contributed by atoms with van der Waals surface area (Å²) in [5.41, 5.74) is 4.38. The predicted octanol–water partition coefficient (Wildman–Crippen LogP) is 4.34. The first-order chi connectivity index (χ1) is 8.83. The van der Waals surface area contributed by atoms with Crippen molar-refractivity contribution in [2.45, 2.75) is 12.8 Å². The fraction of sp³-hybridized carbons (Fsp3) is 0.125. The molecule has 0 saturated carbocycles. The molecule has 0 saturated heterocycles. The van der Waals surface area contributed by atoms with Gasteiger partial charge in [-0.05, 0) is 36.6 Å². The molecule has 88 valence electrons. The first-order valence-corrected chi connectivity index (χ1v) is 6.12. The standard InChI is InChI=1S/C16H11FO/c17-11-6-8-15-14(9-11)13-7-5-10-3-1-2-4-12(10)16(13)18-15/h1-4,6,8-9H,5,7H2. The fourth-order valence-corrected chi connectivity index (χ4v) is 2.81.